The minimum Gasteiger partial charge on any atom is -0.457 e. The molecule has 1 atom stereocenters. The number of amides is 1. The molecule has 0 spiro atoms. The van der Waals surface area contributed by atoms with Crippen molar-refractivity contribution in [2.45, 2.75) is 46.1 Å². The average molecular weight is 468 g/mol. The van der Waals surface area contributed by atoms with Gasteiger partial charge in [-0.05, 0) is 67.3 Å². The van der Waals surface area contributed by atoms with Gasteiger partial charge < -0.3 is 14.1 Å². The molecule has 0 N–H and O–H groups in total. The summed E-state index contributed by atoms with van der Waals surface area (Å²) in [5, 5.41) is 0.541. The molecule has 5 rings (SSSR count). The number of carbonyl (C=O) groups excluding carboxylic acids is 1. The molecule has 4 aromatic rings. The van der Waals surface area contributed by atoms with Gasteiger partial charge >= 0.3 is 0 Å². The summed E-state index contributed by atoms with van der Waals surface area (Å²) in [6.07, 6.45) is 2.91. The predicted octanol–water partition coefficient (Wildman–Crippen LogP) is 6.94. The first-order chi connectivity index (χ1) is 17.0. The number of hydrogen-bond acceptors (Lipinski definition) is 4. The molecule has 35 heavy (non-hydrogen) atoms. The monoisotopic (exact) mass is 467 g/mol. The number of benzene rings is 3. The van der Waals surface area contributed by atoms with Gasteiger partial charge in [0.15, 0.2) is 5.43 Å². The van der Waals surface area contributed by atoms with E-state index < -0.39 is 6.04 Å². The maximum atomic E-state index is 13.9. The molecule has 0 saturated carbocycles. The molecule has 1 aliphatic heterocycles. The van der Waals surface area contributed by atoms with Crippen molar-refractivity contribution >= 4 is 16.9 Å². The summed E-state index contributed by atoms with van der Waals surface area (Å²) in [6.45, 7) is 6.56. The van der Waals surface area contributed by atoms with Crippen molar-refractivity contribution in [3.8, 4) is 11.5 Å². The lowest BCUT2D eigenvalue weighted by atomic mass is 9.96. The van der Waals surface area contributed by atoms with Gasteiger partial charge in [0.25, 0.3) is 5.91 Å². The van der Waals surface area contributed by atoms with Crippen LogP contribution in [0, 0.1) is 13.8 Å². The van der Waals surface area contributed by atoms with Gasteiger partial charge in [-0.3, -0.25) is 9.59 Å². The molecule has 0 radical (unpaired) electrons. The molecule has 0 aliphatic carbocycles. The minimum atomic E-state index is -0.518. The lowest BCUT2D eigenvalue weighted by Crippen LogP contribution is -2.30. The molecule has 2 heterocycles. The highest BCUT2D eigenvalue weighted by Gasteiger charge is 2.42. The number of fused-ring (bicyclic) bond motifs is 2. The zero-order chi connectivity index (χ0) is 24.5. The van der Waals surface area contributed by atoms with Crippen molar-refractivity contribution in [1.82, 2.24) is 4.90 Å². The zero-order valence-corrected chi connectivity index (χ0v) is 20.3. The highest BCUT2D eigenvalue weighted by Crippen LogP contribution is 2.40. The van der Waals surface area contributed by atoms with Crippen LogP contribution in [0.5, 0.6) is 11.5 Å². The fourth-order valence-electron chi connectivity index (χ4n) is 5.00. The van der Waals surface area contributed by atoms with E-state index in [0.29, 0.717) is 28.8 Å². The number of nitrogens with zero attached hydrogens (tertiary/aromatic N) is 1. The summed E-state index contributed by atoms with van der Waals surface area (Å²) in [5.41, 5.74) is 3.43. The normalized spacial score (nSPS) is 15.0. The van der Waals surface area contributed by atoms with Gasteiger partial charge in [-0.1, -0.05) is 56.2 Å². The van der Waals surface area contributed by atoms with E-state index in [4.69, 9.17) is 9.15 Å². The van der Waals surface area contributed by atoms with E-state index >= 15 is 0 Å². The van der Waals surface area contributed by atoms with Gasteiger partial charge in [0.2, 0.25) is 5.76 Å². The first kappa shape index (κ1) is 22.9. The largest absolute Gasteiger partial charge is 0.457 e. The van der Waals surface area contributed by atoms with E-state index in [-0.39, 0.29) is 17.1 Å². The molecule has 0 saturated heterocycles. The van der Waals surface area contributed by atoms with Crippen LogP contribution in [-0.2, 0) is 0 Å². The van der Waals surface area contributed by atoms with Crippen molar-refractivity contribution in [1.29, 1.82) is 0 Å². The van der Waals surface area contributed by atoms with Crippen LogP contribution in [0.2, 0.25) is 0 Å². The summed E-state index contributed by atoms with van der Waals surface area (Å²) in [4.78, 5) is 29.2. The molecule has 1 aromatic heterocycles. The molecule has 1 amide bonds. The molecule has 0 bridgehead atoms. The van der Waals surface area contributed by atoms with Crippen molar-refractivity contribution in [2.24, 2.45) is 0 Å². The Bertz CT molecular complexity index is 1450. The fraction of sp³-hybridized carbons (Fsp3) is 0.267. The van der Waals surface area contributed by atoms with Gasteiger partial charge in [0.05, 0.1) is 17.0 Å². The van der Waals surface area contributed by atoms with Crippen LogP contribution in [-0.4, -0.2) is 17.4 Å². The summed E-state index contributed by atoms with van der Waals surface area (Å²) >= 11 is 0. The fourth-order valence-corrected chi connectivity index (χ4v) is 5.00. The zero-order valence-electron chi connectivity index (χ0n) is 20.3. The van der Waals surface area contributed by atoms with E-state index in [1.165, 1.54) is 0 Å². The van der Waals surface area contributed by atoms with Crippen LogP contribution in [0.1, 0.15) is 65.0 Å². The summed E-state index contributed by atoms with van der Waals surface area (Å²) in [7, 11) is 0. The van der Waals surface area contributed by atoms with E-state index in [2.05, 4.69) is 6.92 Å². The van der Waals surface area contributed by atoms with E-state index in [9.17, 15) is 9.59 Å². The topological polar surface area (TPSA) is 59.8 Å². The summed E-state index contributed by atoms with van der Waals surface area (Å²) < 4.78 is 12.2. The van der Waals surface area contributed by atoms with E-state index in [1.807, 2.05) is 80.6 Å². The van der Waals surface area contributed by atoms with Crippen LogP contribution in [0.25, 0.3) is 11.0 Å². The Balaban J connectivity index is 1.65. The van der Waals surface area contributed by atoms with Gasteiger partial charge in [-0.25, -0.2) is 0 Å². The van der Waals surface area contributed by atoms with Crippen molar-refractivity contribution in [2.75, 3.05) is 6.54 Å². The van der Waals surface area contributed by atoms with Crippen LogP contribution in [0.15, 0.2) is 75.9 Å². The van der Waals surface area contributed by atoms with E-state index in [1.54, 1.807) is 4.90 Å². The molecular weight excluding hydrogens is 438 g/mol. The smallest absolute Gasteiger partial charge is 0.290 e. The Labute approximate surface area is 205 Å². The highest BCUT2D eigenvalue weighted by atomic mass is 16.5. The highest BCUT2D eigenvalue weighted by molar-refractivity contribution is 5.99. The Kier molecular flexibility index (Phi) is 6.16. The first-order valence-corrected chi connectivity index (χ1v) is 12.2. The average Bonchev–Trinajstić information content (AvgIpc) is 3.11. The number of aryl methyl sites for hydroxylation is 2. The molecule has 3 aromatic carbocycles. The Morgan fingerprint density at radius 1 is 0.914 bits per heavy atom. The summed E-state index contributed by atoms with van der Waals surface area (Å²) in [5.74, 6) is 1.31. The quantitative estimate of drug-likeness (QED) is 0.276. The number of hydrogen-bond donors (Lipinski definition) is 0. The molecule has 5 nitrogen and oxygen atoms in total. The Hall–Kier alpha value is -3.86. The predicted molar refractivity (Wildman–Crippen MR) is 137 cm³/mol. The molecule has 0 fully saturated rings. The summed E-state index contributed by atoms with van der Waals surface area (Å²) in [6, 6.07) is 20.5. The third kappa shape index (κ3) is 4.23. The van der Waals surface area contributed by atoms with Gasteiger partial charge in [0, 0.05) is 6.54 Å². The van der Waals surface area contributed by atoms with Crippen molar-refractivity contribution in [3.05, 3.63) is 105 Å². The maximum absolute atomic E-state index is 13.9. The maximum Gasteiger partial charge on any atom is 0.290 e. The van der Waals surface area contributed by atoms with Crippen LogP contribution >= 0.6 is 0 Å². The Morgan fingerprint density at radius 3 is 2.46 bits per heavy atom. The lowest BCUT2D eigenvalue weighted by molar-refractivity contribution is 0.0724. The molecule has 5 heteroatoms. The number of carbonyl (C=O) groups is 1. The minimum absolute atomic E-state index is 0.135. The van der Waals surface area contributed by atoms with Gasteiger partial charge in [-0.2, -0.15) is 0 Å². The lowest BCUT2D eigenvalue weighted by Gasteiger charge is -2.25. The second kappa shape index (κ2) is 9.41. The SMILES string of the molecule is CCCCCN1C(=O)c2oc3cc(C)cc(C)c3c(=O)c2C1c1cccc(Oc2ccccc2)c1. The molecule has 1 aliphatic rings. The van der Waals surface area contributed by atoms with E-state index in [0.717, 1.165) is 41.7 Å². The Morgan fingerprint density at radius 2 is 1.69 bits per heavy atom. The van der Waals surface area contributed by atoms with Crippen LogP contribution in [0.4, 0.5) is 0 Å². The third-order valence-electron chi connectivity index (χ3n) is 6.57. The van der Waals surface area contributed by atoms with Gasteiger partial charge in [-0.15, -0.1) is 0 Å². The van der Waals surface area contributed by atoms with Crippen LogP contribution < -0.4 is 10.2 Å². The molecule has 1 unspecified atom stereocenters. The number of rotatable bonds is 7. The van der Waals surface area contributed by atoms with Gasteiger partial charge in [0.1, 0.15) is 17.1 Å². The molecule has 178 valence electrons. The third-order valence-corrected chi connectivity index (χ3v) is 6.57. The van der Waals surface area contributed by atoms with Crippen LogP contribution in [0.3, 0.4) is 0 Å². The standard InChI is InChI=1S/C30H29NO4/c1-4-5-9-15-31-27(21-11-10-14-23(18-21)34-22-12-7-6-8-13-22)26-28(32)25-20(3)16-19(2)17-24(25)35-29(26)30(31)33/h6-8,10-14,16-18,27H,4-5,9,15H2,1-3H3. The number of ether oxygens (including phenoxy) is 1. The first-order valence-electron chi connectivity index (χ1n) is 12.2. The second-order valence-corrected chi connectivity index (χ2v) is 9.22. The van der Waals surface area contributed by atoms with Crippen molar-refractivity contribution in [3.63, 3.8) is 0 Å². The molecular formula is C30H29NO4. The second-order valence-electron chi connectivity index (χ2n) is 9.22. The number of para-hydroxylation sites is 1. The number of unbranched alkanes of at least 4 members (excludes halogenated alkanes) is 2. The van der Waals surface area contributed by atoms with Crippen molar-refractivity contribution < 1.29 is 13.9 Å².